The first-order valence-corrected chi connectivity index (χ1v) is 14.5. The normalized spacial score (nSPS) is 15.5. The summed E-state index contributed by atoms with van der Waals surface area (Å²) in [5.74, 6) is -0.488. The summed E-state index contributed by atoms with van der Waals surface area (Å²) in [5.41, 5.74) is 1.95. The standard InChI is InChI=1S/C26H28ClN5O5S2/c1-31-8-7-17-20(14-31)39-26(29-17)25(35)30-23-16(13-28-24(34)19-5-6-21(27)38-19)3-2-4-18(23)37-15-22(33)32-9-11-36-12-10-32/h2-6H,7-15H2,1H3,(H,28,34)(H,30,35). The summed E-state index contributed by atoms with van der Waals surface area (Å²) in [6.45, 7) is 3.58. The second kappa shape index (κ2) is 12.4. The van der Waals surface area contributed by atoms with Crippen molar-refractivity contribution in [3.63, 3.8) is 0 Å². The van der Waals surface area contributed by atoms with E-state index in [2.05, 4.69) is 20.5 Å². The number of benzene rings is 1. The number of halogens is 1. The molecule has 2 aromatic heterocycles. The number of carbonyl (C=O) groups excluding carboxylic acids is 3. The van der Waals surface area contributed by atoms with Crippen LogP contribution in [0.2, 0.25) is 4.34 Å². The van der Waals surface area contributed by atoms with Gasteiger partial charge in [0.2, 0.25) is 0 Å². The van der Waals surface area contributed by atoms with Crippen molar-refractivity contribution in [3.8, 4) is 5.75 Å². The summed E-state index contributed by atoms with van der Waals surface area (Å²) in [6.07, 6.45) is 0.795. The van der Waals surface area contributed by atoms with Crippen molar-refractivity contribution in [2.45, 2.75) is 19.5 Å². The molecule has 4 heterocycles. The van der Waals surface area contributed by atoms with Crippen molar-refractivity contribution in [1.29, 1.82) is 0 Å². The van der Waals surface area contributed by atoms with Crippen LogP contribution in [0.1, 0.15) is 35.6 Å². The molecule has 0 aliphatic carbocycles. The lowest BCUT2D eigenvalue weighted by molar-refractivity contribution is -0.137. The van der Waals surface area contributed by atoms with Crippen molar-refractivity contribution in [3.05, 3.63) is 60.7 Å². The predicted octanol–water partition coefficient (Wildman–Crippen LogP) is 3.27. The number of ether oxygens (including phenoxy) is 2. The van der Waals surface area contributed by atoms with E-state index in [-0.39, 0.29) is 30.9 Å². The number of likely N-dealkylation sites (N-methyl/N-ethyl adjacent to an activating group) is 1. The maximum absolute atomic E-state index is 13.3. The molecule has 0 atom stereocenters. The van der Waals surface area contributed by atoms with Gasteiger partial charge < -0.3 is 29.9 Å². The van der Waals surface area contributed by atoms with E-state index in [1.54, 1.807) is 35.2 Å². The third-order valence-electron chi connectivity index (χ3n) is 6.42. The molecule has 13 heteroatoms. The predicted molar refractivity (Wildman–Crippen MR) is 150 cm³/mol. The summed E-state index contributed by atoms with van der Waals surface area (Å²) in [6, 6.07) is 8.55. The van der Waals surface area contributed by atoms with Crippen LogP contribution in [-0.4, -0.2) is 79.0 Å². The van der Waals surface area contributed by atoms with Crippen LogP contribution in [0.3, 0.4) is 0 Å². The Bertz CT molecular complexity index is 1370. The largest absolute Gasteiger partial charge is 0.482 e. The van der Waals surface area contributed by atoms with Crippen LogP contribution in [-0.2, 0) is 29.0 Å². The number of morpholine rings is 1. The number of para-hydroxylation sites is 1. The molecule has 206 valence electrons. The molecule has 0 saturated carbocycles. The number of amides is 3. The minimum absolute atomic E-state index is 0.123. The highest BCUT2D eigenvalue weighted by Gasteiger charge is 2.24. The number of anilines is 1. The zero-order valence-corrected chi connectivity index (χ0v) is 23.7. The van der Waals surface area contributed by atoms with Crippen LogP contribution < -0.4 is 15.4 Å². The first-order chi connectivity index (χ1) is 18.9. The molecule has 0 radical (unpaired) electrons. The second-order valence-electron chi connectivity index (χ2n) is 9.19. The molecule has 3 aromatic rings. The first kappa shape index (κ1) is 27.5. The first-order valence-electron chi connectivity index (χ1n) is 12.5. The molecule has 1 saturated heterocycles. The highest BCUT2D eigenvalue weighted by atomic mass is 35.5. The smallest absolute Gasteiger partial charge is 0.284 e. The van der Waals surface area contributed by atoms with E-state index < -0.39 is 0 Å². The Morgan fingerprint density at radius 1 is 1.10 bits per heavy atom. The number of nitrogens with zero attached hydrogens (tertiary/aromatic N) is 3. The topological polar surface area (TPSA) is 113 Å². The summed E-state index contributed by atoms with van der Waals surface area (Å²) in [4.78, 5) is 48.7. The van der Waals surface area contributed by atoms with Gasteiger partial charge in [0.05, 0.1) is 33.8 Å². The maximum Gasteiger partial charge on any atom is 0.284 e. The third-order valence-corrected chi connectivity index (χ3v) is 8.73. The van der Waals surface area contributed by atoms with Gasteiger partial charge in [-0.05, 0) is 30.8 Å². The fourth-order valence-electron chi connectivity index (χ4n) is 4.32. The van der Waals surface area contributed by atoms with Crippen LogP contribution >= 0.6 is 34.3 Å². The highest BCUT2D eigenvalue weighted by Crippen LogP contribution is 2.31. The summed E-state index contributed by atoms with van der Waals surface area (Å²) < 4.78 is 11.8. The number of rotatable bonds is 8. The lowest BCUT2D eigenvalue weighted by Gasteiger charge is -2.27. The second-order valence-corrected chi connectivity index (χ2v) is 12.0. The van der Waals surface area contributed by atoms with Gasteiger partial charge in [-0.25, -0.2) is 4.98 Å². The van der Waals surface area contributed by atoms with Gasteiger partial charge in [-0.3, -0.25) is 14.4 Å². The van der Waals surface area contributed by atoms with Crippen molar-refractivity contribution in [2.75, 3.05) is 51.8 Å². The molecular weight excluding hydrogens is 562 g/mol. The molecule has 2 aliphatic rings. The van der Waals surface area contributed by atoms with E-state index in [1.807, 2.05) is 7.05 Å². The van der Waals surface area contributed by atoms with Gasteiger partial charge in [0.25, 0.3) is 17.7 Å². The molecule has 2 N–H and O–H groups in total. The molecule has 2 aliphatic heterocycles. The van der Waals surface area contributed by atoms with Gasteiger partial charge in [0.15, 0.2) is 11.6 Å². The average Bonchev–Trinajstić information content (AvgIpc) is 3.57. The molecule has 3 amide bonds. The lowest BCUT2D eigenvalue weighted by atomic mass is 10.1. The number of aromatic nitrogens is 1. The van der Waals surface area contributed by atoms with Gasteiger partial charge >= 0.3 is 0 Å². The Kier molecular flexibility index (Phi) is 8.78. The van der Waals surface area contributed by atoms with E-state index in [9.17, 15) is 14.4 Å². The van der Waals surface area contributed by atoms with Gasteiger partial charge in [0, 0.05) is 44.0 Å². The summed E-state index contributed by atoms with van der Waals surface area (Å²) in [7, 11) is 2.04. The van der Waals surface area contributed by atoms with Crippen molar-refractivity contribution in [2.24, 2.45) is 0 Å². The van der Waals surface area contributed by atoms with E-state index in [0.717, 1.165) is 30.1 Å². The van der Waals surface area contributed by atoms with Crippen LogP contribution in [0.25, 0.3) is 0 Å². The van der Waals surface area contributed by atoms with Gasteiger partial charge in [0.1, 0.15) is 5.75 Å². The molecular formula is C26H28ClN5O5S2. The monoisotopic (exact) mass is 589 g/mol. The van der Waals surface area contributed by atoms with Crippen LogP contribution in [0, 0.1) is 0 Å². The van der Waals surface area contributed by atoms with Crippen LogP contribution in [0.15, 0.2) is 30.3 Å². The van der Waals surface area contributed by atoms with Gasteiger partial charge in [-0.1, -0.05) is 23.7 Å². The molecule has 1 aromatic carbocycles. The van der Waals surface area contributed by atoms with Crippen LogP contribution in [0.4, 0.5) is 5.69 Å². The Hall–Kier alpha value is -3.03. The fourth-order valence-corrected chi connectivity index (χ4v) is 6.36. The van der Waals surface area contributed by atoms with Gasteiger partial charge in [-0.2, -0.15) is 0 Å². The van der Waals surface area contributed by atoms with E-state index in [1.165, 1.54) is 22.7 Å². The number of hydrogen-bond acceptors (Lipinski definition) is 9. The number of carbonyl (C=O) groups is 3. The molecule has 5 rings (SSSR count). The van der Waals surface area contributed by atoms with Crippen LogP contribution in [0.5, 0.6) is 5.75 Å². The Balaban J connectivity index is 1.35. The van der Waals surface area contributed by atoms with Crippen molar-refractivity contribution >= 4 is 57.7 Å². The molecule has 0 spiro atoms. The number of hydrogen-bond donors (Lipinski definition) is 2. The Labute approximate surface area is 238 Å². The summed E-state index contributed by atoms with van der Waals surface area (Å²) in [5, 5.41) is 6.17. The summed E-state index contributed by atoms with van der Waals surface area (Å²) >= 11 is 8.53. The molecule has 39 heavy (non-hydrogen) atoms. The van der Waals surface area contributed by atoms with E-state index >= 15 is 0 Å². The quantitative estimate of drug-likeness (QED) is 0.415. The third kappa shape index (κ3) is 6.76. The minimum atomic E-state index is -0.370. The Morgan fingerprint density at radius 3 is 2.69 bits per heavy atom. The van der Waals surface area contributed by atoms with Crippen molar-refractivity contribution in [1.82, 2.24) is 20.1 Å². The highest BCUT2D eigenvalue weighted by molar-refractivity contribution is 7.18. The molecule has 10 nitrogen and oxygen atoms in total. The zero-order chi connectivity index (χ0) is 27.4. The maximum atomic E-state index is 13.3. The SMILES string of the molecule is CN1CCc2nc(C(=O)Nc3c(CNC(=O)c4ccc(Cl)s4)cccc3OCC(=O)N3CCOCC3)sc2C1. The lowest BCUT2D eigenvalue weighted by Crippen LogP contribution is -2.43. The zero-order valence-electron chi connectivity index (χ0n) is 21.3. The van der Waals surface area contributed by atoms with E-state index in [4.69, 9.17) is 21.1 Å². The molecule has 0 unspecified atom stereocenters. The number of fused-ring (bicyclic) bond motifs is 1. The number of nitrogens with one attached hydrogen (secondary N) is 2. The van der Waals surface area contributed by atoms with Crippen molar-refractivity contribution < 1.29 is 23.9 Å². The average molecular weight is 590 g/mol. The van der Waals surface area contributed by atoms with E-state index in [0.29, 0.717) is 57.5 Å². The number of thiophene rings is 1. The molecule has 0 bridgehead atoms. The minimum Gasteiger partial charge on any atom is -0.482 e. The fraction of sp³-hybridized carbons (Fsp3) is 0.385. The Morgan fingerprint density at radius 2 is 1.92 bits per heavy atom. The van der Waals surface area contributed by atoms with Gasteiger partial charge in [-0.15, -0.1) is 22.7 Å². The molecule has 1 fully saturated rings. The number of thiazole rings is 1.